The molecule has 0 aromatic heterocycles. The lowest BCUT2D eigenvalue weighted by Crippen LogP contribution is -2.28. The van der Waals surface area contributed by atoms with Gasteiger partial charge >= 0.3 is 5.97 Å². The van der Waals surface area contributed by atoms with Crippen LogP contribution in [0.5, 0.6) is 0 Å². The molecule has 4 heteroatoms. The largest absolute Gasteiger partial charge is 0.478 e. The van der Waals surface area contributed by atoms with Crippen LogP contribution in [0, 0.1) is 11.3 Å². The van der Waals surface area contributed by atoms with Crippen molar-refractivity contribution in [3.05, 3.63) is 0 Å². The van der Waals surface area contributed by atoms with Crippen molar-refractivity contribution in [2.24, 2.45) is 0 Å². The third-order valence-electron chi connectivity index (χ3n) is 1.67. The Bertz CT molecular complexity index is 228. The third-order valence-corrected chi connectivity index (χ3v) is 1.67. The van der Waals surface area contributed by atoms with Gasteiger partial charge in [0.15, 0.2) is 0 Å². The van der Waals surface area contributed by atoms with Crippen molar-refractivity contribution in [1.82, 2.24) is 0 Å². The fraction of sp³-hybridized carbons (Fsp3) is 0.667. The summed E-state index contributed by atoms with van der Waals surface area (Å²) in [5, 5.41) is 16.9. The number of epoxide rings is 1. The fourth-order valence-corrected chi connectivity index (χ4v) is 0.864. The number of nitrogens with zero attached hydrogens (tertiary/aromatic N) is 1. The molecular weight excluding hydrogens is 134 g/mol. The van der Waals surface area contributed by atoms with E-state index in [0.29, 0.717) is 0 Å². The Balaban J connectivity index is 2.92. The maximum Gasteiger partial charge on any atom is 0.354 e. The topological polar surface area (TPSA) is 73.6 Å². The van der Waals surface area contributed by atoms with Gasteiger partial charge in [-0.1, -0.05) is 0 Å². The highest BCUT2D eigenvalue weighted by atomic mass is 16.6. The second-order valence-electron chi connectivity index (χ2n) is 2.71. The van der Waals surface area contributed by atoms with Gasteiger partial charge in [-0.3, -0.25) is 0 Å². The number of carbonyl (C=O) groups is 1. The summed E-state index contributed by atoms with van der Waals surface area (Å²) in [5.74, 6) is -1.21. The average Bonchev–Trinajstić information content (AvgIpc) is 2.35. The monoisotopic (exact) mass is 141 g/mol. The van der Waals surface area contributed by atoms with Crippen LogP contribution in [0.4, 0.5) is 0 Å². The Labute approximate surface area is 58.0 Å². The number of aliphatic carboxylic acids is 1. The van der Waals surface area contributed by atoms with Crippen LogP contribution in [-0.4, -0.2) is 22.3 Å². The Morgan fingerprint density at radius 2 is 2.10 bits per heavy atom. The van der Waals surface area contributed by atoms with Crippen LogP contribution >= 0.6 is 0 Å². The van der Waals surface area contributed by atoms with Gasteiger partial charge < -0.3 is 9.84 Å². The Kier molecular flexibility index (Phi) is 1.05. The standard InChI is InChI=1S/C6H7NO3/c1-5(2)6(3-7,10-5)4(8)9/h1-2H3,(H,8,9). The van der Waals surface area contributed by atoms with E-state index in [2.05, 4.69) is 0 Å². The molecule has 1 N–H and O–H groups in total. The number of ether oxygens (including phenoxy) is 1. The SMILES string of the molecule is CC1(C)OC1(C#N)C(=O)O. The molecule has 0 spiro atoms. The minimum Gasteiger partial charge on any atom is -0.478 e. The first kappa shape index (κ1) is 7.03. The predicted octanol–water partition coefficient (Wildman–Crippen LogP) is 0.142. The van der Waals surface area contributed by atoms with Crippen LogP contribution < -0.4 is 0 Å². The molecule has 0 bridgehead atoms. The van der Waals surface area contributed by atoms with Crippen molar-refractivity contribution in [2.75, 3.05) is 0 Å². The molecule has 1 unspecified atom stereocenters. The molecule has 1 aliphatic rings. The van der Waals surface area contributed by atoms with Crippen molar-refractivity contribution in [2.45, 2.75) is 25.0 Å². The number of rotatable bonds is 1. The first-order valence-corrected chi connectivity index (χ1v) is 2.81. The van der Waals surface area contributed by atoms with Gasteiger partial charge in [-0.2, -0.15) is 5.26 Å². The molecule has 1 aliphatic heterocycles. The summed E-state index contributed by atoms with van der Waals surface area (Å²) >= 11 is 0. The molecule has 10 heavy (non-hydrogen) atoms. The van der Waals surface area contributed by atoms with Gasteiger partial charge in [-0.15, -0.1) is 0 Å². The number of nitriles is 1. The molecule has 0 amide bonds. The van der Waals surface area contributed by atoms with E-state index in [0.717, 1.165) is 0 Å². The summed E-state index contributed by atoms with van der Waals surface area (Å²) in [6, 6.07) is 1.62. The number of hydrogen-bond donors (Lipinski definition) is 1. The molecule has 1 saturated heterocycles. The average molecular weight is 141 g/mol. The van der Waals surface area contributed by atoms with E-state index in [4.69, 9.17) is 15.1 Å². The van der Waals surface area contributed by atoms with Gasteiger partial charge in [-0.05, 0) is 13.8 Å². The van der Waals surface area contributed by atoms with Crippen LogP contribution in [-0.2, 0) is 9.53 Å². The lowest BCUT2D eigenvalue weighted by Gasteiger charge is -1.96. The molecule has 0 aromatic carbocycles. The lowest BCUT2D eigenvalue weighted by molar-refractivity contribution is -0.141. The van der Waals surface area contributed by atoms with Gasteiger partial charge in [0.05, 0.1) is 0 Å². The molecule has 0 aliphatic carbocycles. The van der Waals surface area contributed by atoms with Crippen LogP contribution in [0.3, 0.4) is 0 Å². The first-order valence-electron chi connectivity index (χ1n) is 2.81. The van der Waals surface area contributed by atoms with Gasteiger partial charge in [-0.25, -0.2) is 4.79 Å². The van der Waals surface area contributed by atoms with Crippen molar-refractivity contribution in [1.29, 1.82) is 5.26 Å². The smallest absolute Gasteiger partial charge is 0.354 e. The maximum atomic E-state index is 10.4. The Hall–Kier alpha value is -1.08. The molecule has 0 radical (unpaired) electrons. The zero-order valence-electron chi connectivity index (χ0n) is 5.71. The quantitative estimate of drug-likeness (QED) is 0.527. The second-order valence-corrected chi connectivity index (χ2v) is 2.71. The van der Waals surface area contributed by atoms with Crippen molar-refractivity contribution in [3.8, 4) is 6.07 Å². The number of carboxylic acid groups (broad SMARTS) is 1. The summed E-state index contributed by atoms with van der Waals surface area (Å²) in [6.45, 7) is 3.15. The van der Waals surface area contributed by atoms with E-state index < -0.39 is 17.2 Å². The molecule has 0 aromatic rings. The van der Waals surface area contributed by atoms with Gasteiger partial charge in [0.25, 0.3) is 5.60 Å². The molecule has 1 heterocycles. The third kappa shape index (κ3) is 0.554. The number of carboxylic acids is 1. The highest BCUT2D eigenvalue weighted by Gasteiger charge is 2.71. The predicted molar refractivity (Wildman–Crippen MR) is 31.1 cm³/mol. The Morgan fingerprint density at radius 1 is 1.70 bits per heavy atom. The highest BCUT2D eigenvalue weighted by Crippen LogP contribution is 2.46. The van der Waals surface area contributed by atoms with E-state index in [1.54, 1.807) is 19.9 Å². The first-order chi connectivity index (χ1) is 4.46. The fourth-order valence-electron chi connectivity index (χ4n) is 0.864. The van der Waals surface area contributed by atoms with Crippen LogP contribution in [0.15, 0.2) is 0 Å². The van der Waals surface area contributed by atoms with Gasteiger partial charge in [0.2, 0.25) is 0 Å². The van der Waals surface area contributed by atoms with Crippen LogP contribution in [0.2, 0.25) is 0 Å². The molecular formula is C6H7NO3. The molecule has 54 valence electrons. The highest BCUT2D eigenvalue weighted by molar-refractivity contribution is 5.86. The van der Waals surface area contributed by atoms with Gasteiger partial charge in [0, 0.05) is 0 Å². The van der Waals surface area contributed by atoms with Gasteiger partial charge in [0.1, 0.15) is 11.7 Å². The molecule has 4 nitrogen and oxygen atoms in total. The second kappa shape index (κ2) is 1.50. The van der Waals surface area contributed by atoms with E-state index >= 15 is 0 Å². The lowest BCUT2D eigenvalue weighted by atomic mass is 9.98. The maximum absolute atomic E-state index is 10.4. The molecule has 0 saturated carbocycles. The molecule has 1 atom stereocenters. The van der Waals surface area contributed by atoms with E-state index in [-0.39, 0.29) is 0 Å². The van der Waals surface area contributed by atoms with E-state index in [1.807, 2.05) is 0 Å². The summed E-state index contributed by atoms with van der Waals surface area (Å²) in [4.78, 5) is 10.4. The van der Waals surface area contributed by atoms with Crippen LogP contribution in [0.1, 0.15) is 13.8 Å². The van der Waals surface area contributed by atoms with Crippen molar-refractivity contribution in [3.63, 3.8) is 0 Å². The normalized spacial score (nSPS) is 34.5. The summed E-state index contributed by atoms with van der Waals surface area (Å²) in [6.07, 6.45) is 0. The van der Waals surface area contributed by atoms with E-state index in [1.165, 1.54) is 0 Å². The molecule has 1 fully saturated rings. The summed E-state index contributed by atoms with van der Waals surface area (Å²) in [7, 11) is 0. The summed E-state index contributed by atoms with van der Waals surface area (Å²) in [5.41, 5.74) is -2.42. The zero-order valence-corrected chi connectivity index (χ0v) is 5.71. The van der Waals surface area contributed by atoms with Crippen molar-refractivity contribution < 1.29 is 14.6 Å². The number of hydrogen-bond acceptors (Lipinski definition) is 3. The summed E-state index contributed by atoms with van der Waals surface area (Å²) < 4.78 is 4.74. The Morgan fingerprint density at radius 3 is 2.10 bits per heavy atom. The zero-order chi connectivity index (χ0) is 7.99. The minimum absolute atomic E-state index is 0.826. The molecule has 1 rings (SSSR count). The van der Waals surface area contributed by atoms with Crippen LogP contribution in [0.25, 0.3) is 0 Å². The van der Waals surface area contributed by atoms with Crippen molar-refractivity contribution >= 4 is 5.97 Å². The minimum atomic E-state index is -1.59. The van der Waals surface area contributed by atoms with E-state index in [9.17, 15) is 4.79 Å².